The number of nitrogens with one attached hydrogen (secondary N) is 3. The molecule has 0 fully saturated rings. The average Bonchev–Trinajstić information content (AvgIpc) is 3.31. The summed E-state index contributed by atoms with van der Waals surface area (Å²) in [6.45, 7) is 10.4. The summed E-state index contributed by atoms with van der Waals surface area (Å²) >= 11 is 0. The number of amides is 1. The number of carbonyl (C=O) groups is 1. The van der Waals surface area contributed by atoms with E-state index in [4.69, 9.17) is 5.73 Å². The molecule has 0 aliphatic rings. The van der Waals surface area contributed by atoms with E-state index in [1.54, 1.807) is 6.92 Å². The number of aliphatic hydroxyl groups is 3. The lowest BCUT2D eigenvalue weighted by Gasteiger charge is -2.35. The third-order valence-corrected chi connectivity index (χ3v) is 7.53. The highest BCUT2D eigenvalue weighted by molar-refractivity contribution is 5.81. The van der Waals surface area contributed by atoms with Crippen LogP contribution in [-0.2, 0) is 17.8 Å². The van der Waals surface area contributed by atoms with Crippen LogP contribution in [0.25, 0.3) is 10.9 Å². The molecule has 0 saturated heterocycles. The fraction of sp³-hybridized carbons (Fsp3) is 0.452. The van der Waals surface area contributed by atoms with Gasteiger partial charge in [-0.05, 0) is 54.8 Å². The number of nitrogens with two attached hydrogens (primary N) is 1. The van der Waals surface area contributed by atoms with Crippen LogP contribution in [0.2, 0.25) is 0 Å². The number of carbonyl (C=O) groups excluding carboxylic acids is 1. The lowest BCUT2D eigenvalue weighted by atomic mass is 9.76. The van der Waals surface area contributed by atoms with Crippen molar-refractivity contribution < 1.29 is 20.1 Å². The van der Waals surface area contributed by atoms with E-state index in [-0.39, 0.29) is 30.7 Å². The molecular weight excluding hydrogens is 492 g/mol. The Hall–Kier alpha value is -3.17. The molecule has 8 nitrogen and oxygen atoms in total. The normalized spacial score (nSPS) is 15.6. The van der Waals surface area contributed by atoms with E-state index in [1.807, 2.05) is 68.4 Å². The maximum Gasteiger partial charge on any atom is 0.224 e. The second-order valence-electron chi connectivity index (χ2n) is 10.8. The molecule has 2 aromatic carbocycles. The largest absolute Gasteiger partial charge is 0.393 e. The number of fused-ring (bicyclic) bond motifs is 1. The number of aromatic amines is 1. The smallest absolute Gasteiger partial charge is 0.224 e. The number of benzene rings is 2. The van der Waals surface area contributed by atoms with Crippen molar-refractivity contribution in [2.75, 3.05) is 6.54 Å². The summed E-state index contributed by atoms with van der Waals surface area (Å²) in [5, 5.41) is 38.3. The lowest BCUT2D eigenvalue weighted by molar-refractivity contribution is -0.146. The molecule has 0 spiro atoms. The van der Waals surface area contributed by atoms with Gasteiger partial charge in [0.15, 0.2) is 6.29 Å². The topological polar surface area (TPSA) is 144 Å². The number of hydrogen-bond donors (Lipinski definition) is 7. The summed E-state index contributed by atoms with van der Waals surface area (Å²) < 4.78 is 0. The SMILES string of the molecule is C=C(NCc1ccccc1)[C@H](Cc1cc2ccccc2[nH]1)NC(=O)C(C(C)C)C(CC(CN)C(C)O)C(O)O. The van der Waals surface area contributed by atoms with Crippen LogP contribution < -0.4 is 16.4 Å². The van der Waals surface area contributed by atoms with Crippen molar-refractivity contribution in [3.8, 4) is 0 Å². The Labute approximate surface area is 231 Å². The van der Waals surface area contributed by atoms with Gasteiger partial charge in [-0.1, -0.05) is 69.0 Å². The van der Waals surface area contributed by atoms with E-state index < -0.39 is 30.3 Å². The van der Waals surface area contributed by atoms with Gasteiger partial charge < -0.3 is 36.7 Å². The summed E-state index contributed by atoms with van der Waals surface area (Å²) in [6, 6.07) is 19.5. The van der Waals surface area contributed by atoms with E-state index in [9.17, 15) is 20.1 Å². The molecule has 0 saturated carbocycles. The van der Waals surface area contributed by atoms with Gasteiger partial charge in [0, 0.05) is 41.7 Å². The minimum absolute atomic E-state index is 0.177. The number of aliphatic hydroxyl groups excluding tert-OH is 2. The number of H-pyrrole nitrogens is 1. The van der Waals surface area contributed by atoms with E-state index in [1.165, 1.54) is 0 Å². The van der Waals surface area contributed by atoms with Crippen molar-refractivity contribution in [3.05, 3.63) is 84.2 Å². The van der Waals surface area contributed by atoms with Gasteiger partial charge >= 0.3 is 0 Å². The molecule has 3 aromatic rings. The zero-order chi connectivity index (χ0) is 28.5. The monoisotopic (exact) mass is 536 g/mol. The number of rotatable bonds is 15. The van der Waals surface area contributed by atoms with Crippen LogP contribution in [0.3, 0.4) is 0 Å². The number of hydrogen-bond acceptors (Lipinski definition) is 6. The van der Waals surface area contributed by atoms with Crippen LogP contribution in [0.1, 0.15) is 38.4 Å². The quantitative estimate of drug-likeness (QED) is 0.149. The Bertz CT molecular complexity index is 1160. The zero-order valence-electron chi connectivity index (χ0n) is 23.2. The molecule has 1 heterocycles. The van der Waals surface area contributed by atoms with E-state index >= 15 is 0 Å². The van der Waals surface area contributed by atoms with Crippen molar-refractivity contribution in [3.63, 3.8) is 0 Å². The Morgan fingerprint density at radius 2 is 1.69 bits per heavy atom. The molecule has 5 atom stereocenters. The third kappa shape index (κ3) is 8.41. The summed E-state index contributed by atoms with van der Waals surface area (Å²) in [6.07, 6.45) is -1.79. The van der Waals surface area contributed by atoms with Gasteiger partial charge in [0.1, 0.15) is 0 Å². The van der Waals surface area contributed by atoms with Crippen molar-refractivity contribution >= 4 is 16.8 Å². The lowest BCUT2D eigenvalue weighted by Crippen LogP contribution is -2.49. The van der Waals surface area contributed by atoms with E-state index in [2.05, 4.69) is 28.3 Å². The zero-order valence-corrected chi connectivity index (χ0v) is 23.2. The van der Waals surface area contributed by atoms with Crippen LogP contribution >= 0.6 is 0 Å². The molecule has 4 unspecified atom stereocenters. The number of para-hydroxylation sites is 1. The fourth-order valence-electron chi connectivity index (χ4n) is 5.21. The second kappa shape index (κ2) is 14.3. The van der Waals surface area contributed by atoms with Crippen LogP contribution in [-0.4, -0.2) is 51.2 Å². The van der Waals surface area contributed by atoms with Crippen molar-refractivity contribution in [1.82, 2.24) is 15.6 Å². The van der Waals surface area contributed by atoms with Gasteiger partial charge in [0.2, 0.25) is 5.91 Å². The molecule has 0 radical (unpaired) electrons. The van der Waals surface area contributed by atoms with Gasteiger partial charge in [-0.2, -0.15) is 0 Å². The molecule has 1 aromatic heterocycles. The Morgan fingerprint density at radius 1 is 1.03 bits per heavy atom. The third-order valence-electron chi connectivity index (χ3n) is 7.53. The minimum Gasteiger partial charge on any atom is -0.393 e. The molecule has 3 rings (SSSR count). The highest BCUT2D eigenvalue weighted by atomic mass is 16.5. The maximum absolute atomic E-state index is 13.8. The van der Waals surface area contributed by atoms with E-state index in [0.29, 0.717) is 18.7 Å². The first-order chi connectivity index (χ1) is 18.6. The Balaban J connectivity index is 1.85. The minimum atomic E-state index is -1.73. The Morgan fingerprint density at radius 3 is 2.28 bits per heavy atom. The van der Waals surface area contributed by atoms with Crippen molar-refractivity contribution in [1.29, 1.82) is 0 Å². The maximum atomic E-state index is 13.8. The first kappa shape index (κ1) is 30.4. The molecule has 8 N–H and O–H groups in total. The highest BCUT2D eigenvalue weighted by Crippen LogP contribution is 2.31. The first-order valence-electron chi connectivity index (χ1n) is 13.7. The average molecular weight is 537 g/mol. The first-order valence-corrected chi connectivity index (χ1v) is 13.7. The van der Waals surface area contributed by atoms with Gasteiger partial charge in [-0.15, -0.1) is 0 Å². The highest BCUT2D eigenvalue weighted by Gasteiger charge is 2.38. The molecule has 39 heavy (non-hydrogen) atoms. The summed E-state index contributed by atoms with van der Waals surface area (Å²) in [5.74, 6) is -2.37. The number of aromatic nitrogens is 1. The van der Waals surface area contributed by atoms with Crippen molar-refractivity contribution in [2.24, 2.45) is 29.4 Å². The molecule has 0 bridgehead atoms. The van der Waals surface area contributed by atoms with Crippen LogP contribution in [0.5, 0.6) is 0 Å². The second-order valence-corrected chi connectivity index (χ2v) is 10.8. The van der Waals surface area contributed by atoms with Crippen molar-refractivity contribution in [2.45, 2.75) is 58.6 Å². The molecule has 0 aliphatic carbocycles. The van der Waals surface area contributed by atoms with Crippen LogP contribution in [0.4, 0.5) is 0 Å². The summed E-state index contributed by atoms with van der Waals surface area (Å²) in [7, 11) is 0. The van der Waals surface area contributed by atoms with Gasteiger partial charge in [0.25, 0.3) is 0 Å². The van der Waals surface area contributed by atoms with Gasteiger partial charge in [0.05, 0.1) is 12.1 Å². The van der Waals surface area contributed by atoms with Crippen LogP contribution in [0.15, 0.2) is 72.9 Å². The fourth-order valence-corrected chi connectivity index (χ4v) is 5.21. The molecule has 212 valence electrons. The van der Waals surface area contributed by atoms with E-state index in [0.717, 1.165) is 22.2 Å². The van der Waals surface area contributed by atoms with Gasteiger partial charge in [-0.3, -0.25) is 4.79 Å². The molecule has 8 heteroatoms. The summed E-state index contributed by atoms with van der Waals surface area (Å²) in [5.41, 5.74) is 9.54. The molecule has 0 aliphatic heterocycles. The van der Waals surface area contributed by atoms with Crippen LogP contribution in [0, 0.1) is 23.7 Å². The molecular formula is C31H44N4O4. The van der Waals surface area contributed by atoms with Gasteiger partial charge in [-0.25, -0.2) is 0 Å². The Kier molecular flexibility index (Phi) is 11.1. The predicted octanol–water partition coefficient (Wildman–Crippen LogP) is 3.04. The summed E-state index contributed by atoms with van der Waals surface area (Å²) in [4.78, 5) is 17.2. The predicted molar refractivity (Wildman–Crippen MR) is 155 cm³/mol. The molecule has 1 amide bonds. The standard InChI is InChI=1S/C31H44N4O4/c1-19(2)29(26(31(38)39)15-24(17-32)21(4)36)30(37)35-28(20(3)33-18-22-10-6-5-7-11-22)16-25-14-23-12-8-9-13-27(23)34-25/h5-14,19,21,24,26,28-29,31,33-34,36,38-39H,3,15-18,32H2,1-2,4H3,(H,35,37)/t21?,24?,26?,28-,29?/m0/s1.